The standard InChI is InChI=1S/C12H14N2O3S/c15-9-3-1-8(2-4-9)5-6-13-11(16)10-7-18-12(17)14-10/h1-4,10,15H,5-7H2,(H,13,16)(H,14,17). The molecule has 1 saturated heterocycles. The first kappa shape index (κ1) is 12.8. The SMILES string of the molecule is O=C1NC(C(=O)NCCc2ccc(O)cc2)CS1. The summed E-state index contributed by atoms with van der Waals surface area (Å²) in [4.78, 5) is 22.6. The average molecular weight is 266 g/mol. The molecule has 1 aromatic carbocycles. The van der Waals surface area contributed by atoms with Crippen molar-refractivity contribution in [2.45, 2.75) is 12.5 Å². The normalized spacial score (nSPS) is 18.4. The van der Waals surface area contributed by atoms with Gasteiger partial charge in [0.1, 0.15) is 11.8 Å². The first-order valence-corrected chi connectivity index (χ1v) is 6.62. The minimum Gasteiger partial charge on any atom is -0.508 e. The number of phenolic OH excluding ortho intramolecular Hbond substituents is 1. The predicted octanol–water partition coefficient (Wildman–Crippen LogP) is 0.876. The number of hydrogen-bond donors (Lipinski definition) is 3. The maximum Gasteiger partial charge on any atom is 0.279 e. The molecule has 0 aromatic heterocycles. The zero-order valence-electron chi connectivity index (χ0n) is 9.68. The van der Waals surface area contributed by atoms with Crippen molar-refractivity contribution in [2.75, 3.05) is 12.3 Å². The van der Waals surface area contributed by atoms with Crippen molar-refractivity contribution in [1.29, 1.82) is 0 Å². The Balaban J connectivity index is 1.73. The van der Waals surface area contributed by atoms with Gasteiger partial charge in [0, 0.05) is 12.3 Å². The summed E-state index contributed by atoms with van der Waals surface area (Å²) in [5, 5.41) is 14.3. The lowest BCUT2D eigenvalue weighted by atomic mass is 10.1. The molecule has 2 amide bonds. The molecule has 1 aliphatic heterocycles. The molecule has 0 bridgehead atoms. The van der Waals surface area contributed by atoms with Crippen molar-refractivity contribution in [3.8, 4) is 5.75 Å². The summed E-state index contributed by atoms with van der Waals surface area (Å²) >= 11 is 1.13. The molecule has 3 N–H and O–H groups in total. The molecule has 1 fully saturated rings. The topological polar surface area (TPSA) is 78.4 Å². The van der Waals surface area contributed by atoms with E-state index in [4.69, 9.17) is 5.11 Å². The molecule has 1 unspecified atom stereocenters. The van der Waals surface area contributed by atoms with Gasteiger partial charge in [0.15, 0.2) is 0 Å². The molecule has 0 saturated carbocycles. The molecule has 0 spiro atoms. The Kier molecular flexibility index (Phi) is 4.09. The van der Waals surface area contributed by atoms with Gasteiger partial charge in [-0.15, -0.1) is 0 Å². The first-order chi connectivity index (χ1) is 8.65. The Morgan fingerprint density at radius 3 is 2.78 bits per heavy atom. The van der Waals surface area contributed by atoms with Gasteiger partial charge in [-0.3, -0.25) is 9.59 Å². The number of amides is 2. The summed E-state index contributed by atoms with van der Waals surface area (Å²) in [5.41, 5.74) is 1.04. The summed E-state index contributed by atoms with van der Waals surface area (Å²) in [6.07, 6.45) is 0.694. The summed E-state index contributed by atoms with van der Waals surface area (Å²) in [6, 6.07) is 6.45. The molecule has 1 aliphatic rings. The monoisotopic (exact) mass is 266 g/mol. The molecule has 1 atom stereocenters. The molecule has 0 aliphatic carbocycles. The van der Waals surface area contributed by atoms with E-state index in [0.717, 1.165) is 17.3 Å². The number of nitrogens with one attached hydrogen (secondary N) is 2. The highest BCUT2D eigenvalue weighted by Crippen LogP contribution is 2.13. The Morgan fingerprint density at radius 2 is 2.17 bits per heavy atom. The Labute approximate surface area is 109 Å². The third-order valence-electron chi connectivity index (χ3n) is 2.64. The lowest BCUT2D eigenvalue weighted by Gasteiger charge is -2.10. The van der Waals surface area contributed by atoms with Crippen LogP contribution in [0, 0.1) is 0 Å². The number of carbonyl (C=O) groups excluding carboxylic acids is 2. The van der Waals surface area contributed by atoms with Crippen LogP contribution in [-0.2, 0) is 11.2 Å². The zero-order valence-corrected chi connectivity index (χ0v) is 10.5. The Morgan fingerprint density at radius 1 is 1.44 bits per heavy atom. The Hall–Kier alpha value is -1.69. The van der Waals surface area contributed by atoms with Crippen molar-refractivity contribution in [2.24, 2.45) is 0 Å². The molecule has 6 heteroatoms. The maximum atomic E-state index is 11.7. The maximum absolute atomic E-state index is 11.7. The van der Waals surface area contributed by atoms with E-state index in [-0.39, 0.29) is 16.9 Å². The number of thioether (sulfide) groups is 1. The van der Waals surface area contributed by atoms with E-state index in [0.29, 0.717) is 18.7 Å². The van der Waals surface area contributed by atoms with E-state index < -0.39 is 6.04 Å². The second kappa shape index (κ2) is 5.77. The molecule has 5 nitrogen and oxygen atoms in total. The lowest BCUT2D eigenvalue weighted by Crippen LogP contribution is -2.43. The van der Waals surface area contributed by atoms with Gasteiger partial charge in [-0.2, -0.15) is 0 Å². The van der Waals surface area contributed by atoms with Crippen LogP contribution in [-0.4, -0.2) is 34.6 Å². The van der Waals surface area contributed by atoms with E-state index in [1.54, 1.807) is 12.1 Å². The highest BCUT2D eigenvalue weighted by molar-refractivity contribution is 8.14. The van der Waals surface area contributed by atoms with Crippen molar-refractivity contribution < 1.29 is 14.7 Å². The number of carbonyl (C=O) groups is 2. The summed E-state index contributed by atoms with van der Waals surface area (Å²) in [5.74, 6) is 0.574. The van der Waals surface area contributed by atoms with Crippen molar-refractivity contribution in [3.63, 3.8) is 0 Å². The van der Waals surface area contributed by atoms with Gasteiger partial charge in [0.2, 0.25) is 5.91 Å². The fraction of sp³-hybridized carbons (Fsp3) is 0.333. The second-order valence-electron chi connectivity index (χ2n) is 4.00. The van der Waals surface area contributed by atoms with Gasteiger partial charge >= 0.3 is 0 Å². The minimum absolute atomic E-state index is 0.145. The number of aromatic hydroxyl groups is 1. The van der Waals surface area contributed by atoms with Gasteiger partial charge in [-0.1, -0.05) is 23.9 Å². The summed E-state index contributed by atoms with van der Waals surface area (Å²) < 4.78 is 0. The fourth-order valence-electron chi connectivity index (χ4n) is 1.64. The minimum atomic E-state index is -0.415. The van der Waals surface area contributed by atoms with Crippen LogP contribution < -0.4 is 10.6 Å². The smallest absolute Gasteiger partial charge is 0.279 e. The van der Waals surface area contributed by atoms with Gasteiger partial charge in [-0.25, -0.2) is 0 Å². The second-order valence-corrected chi connectivity index (χ2v) is 5.00. The van der Waals surface area contributed by atoms with Gasteiger partial charge in [0.05, 0.1) is 0 Å². The third kappa shape index (κ3) is 3.40. The predicted molar refractivity (Wildman–Crippen MR) is 69.6 cm³/mol. The van der Waals surface area contributed by atoms with Crippen LogP contribution in [0.2, 0.25) is 0 Å². The van der Waals surface area contributed by atoms with Crippen LogP contribution in [0.15, 0.2) is 24.3 Å². The summed E-state index contributed by atoms with van der Waals surface area (Å²) in [7, 11) is 0. The fourth-order valence-corrected chi connectivity index (χ4v) is 2.42. The number of phenols is 1. The van der Waals surface area contributed by atoms with Gasteiger partial charge in [0.25, 0.3) is 5.24 Å². The van der Waals surface area contributed by atoms with Crippen LogP contribution in [0.5, 0.6) is 5.75 Å². The molecule has 96 valence electrons. The number of benzene rings is 1. The third-order valence-corrected chi connectivity index (χ3v) is 3.52. The molecule has 1 aromatic rings. The zero-order chi connectivity index (χ0) is 13.0. The molecule has 0 radical (unpaired) electrons. The first-order valence-electron chi connectivity index (χ1n) is 5.64. The van der Waals surface area contributed by atoms with Crippen LogP contribution in [0.4, 0.5) is 4.79 Å². The van der Waals surface area contributed by atoms with E-state index in [1.807, 2.05) is 12.1 Å². The quantitative estimate of drug-likeness (QED) is 0.756. The highest BCUT2D eigenvalue weighted by Gasteiger charge is 2.27. The Bertz CT molecular complexity index is 447. The van der Waals surface area contributed by atoms with Crippen molar-refractivity contribution in [1.82, 2.24) is 10.6 Å². The van der Waals surface area contributed by atoms with E-state index in [9.17, 15) is 9.59 Å². The average Bonchev–Trinajstić information content (AvgIpc) is 2.78. The molecule has 1 heterocycles. The van der Waals surface area contributed by atoms with Crippen LogP contribution in [0.3, 0.4) is 0 Å². The molecule has 2 rings (SSSR count). The van der Waals surface area contributed by atoms with Crippen molar-refractivity contribution >= 4 is 22.9 Å². The lowest BCUT2D eigenvalue weighted by molar-refractivity contribution is -0.122. The van der Waals surface area contributed by atoms with Crippen LogP contribution in [0.25, 0.3) is 0 Å². The molecular weight excluding hydrogens is 252 g/mol. The largest absolute Gasteiger partial charge is 0.508 e. The highest BCUT2D eigenvalue weighted by atomic mass is 32.2. The van der Waals surface area contributed by atoms with Crippen LogP contribution >= 0.6 is 11.8 Å². The van der Waals surface area contributed by atoms with E-state index in [2.05, 4.69) is 10.6 Å². The van der Waals surface area contributed by atoms with E-state index in [1.165, 1.54) is 0 Å². The van der Waals surface area contributed by atoms with Crippen molar-refractivity contribution in [3.05, 3.63) is 29.8 Å². The van der Waals surface area contributed by atoms with Crippen LogP contribution in [0.1, 0.15) is 5.56 Å². The summed E-state index contributed by atoms with van der Waals surface area (Å²) in [6.45, 7) is 0.515. The number of rotatable bonds is 4. The van der Waals surface area contributed by atoms with Gasteiger partial charge in [-0.05, 0) is 24.1 Å². The van der Waals surface area contributed by atoms with Gasteiger partial charge < -0.3 is 15.7 Å². The molecule has 18 heavy (non-hydrogen) atoms. The van der Waals surface area contributed by atoms with E-state index >= 15 is 0 Å². The number of hydrogen-bond acceptors (Lipinski definition) is 4. The molecular formula is C12H14N2O3S.